The van der Waals surface area contributed by atoms with Crippen LogP contribution < -0.4 is 21.4 Å². The van der Waals surface area contributed by atoms with Crippen LogP contribution in [0.4, 0.5) is 22.8 Å². The van der Waals surface area contributed by atoms with Gasteiger partial charge in [0.25, 0.3) is 0 Å². The molecular formula is C42H56F3N7O6S. The lowest BCUT2D eigenvalue weighted by molar-refractivity contribution is -0.132. The number of hydrogen-bond acceptors (Lipinski definition) is 9. The van der Waals surface area contributed by atoms with E-state index in [1.807, 2.05) is 69.3 Å². The predicted octanol–water partition coefficient (Wildman–Crippen LogP) is 5.95. The van der Waals surface area contributed by atoms with Crippen LogP contribution in [0, 0.1) is 24.2 Å². The van der Waals surface area contributed by atoms with Crippen LogP contribution in [0.5, 0.6) is 0 Å². The minimum absolute atomic E-state index is 0.0000875. The highest BCUT2D eigenvalue weighted by Crippen LogP contribution is 2.37. The Balaban J connectivity index is 1.61. The number of rotatable bonds is 20. The largest absolute Gasteiger partial charge is 0.453 e. The number of aliphatic hydroxyl groups excluding tert-OH is 1. The van der Waals surface area contributed by atoms with Crippen molar-refractivity contribution in [1.82, 2.24) is 36.3 Å². The monoisotopic (exact) mass is 843 g/mol. The predicted molar refractivity (Wildman–Crippen MR) is 218 cm³/mol. The first-order chi connectivity index (χ1) is 27.9. The molecule has 1 saturated heterocycles. The maximum absolute atomic E-state index is 14.6. The molecule has 13 nitrogen and oxygen atoms in total. The van der Waals surface area contributed by atoms with Gasteiger partial charge in [0.2, 0.25) is 11.8 Å². The van der Waals surface area contributed by atoms with Crippen molar-refractivity contribution in [3.8, 4) is 0 Å². The fraction of sp³-hybridized carbons (Fsp3) is 0.500. The van der Waals surface area contributed by atoms with Crippen LogP contribution >= 0.6 is 11.8 Å². The normalized spacial score (nSPS) is 16.5. The molecule has 322 valence electrons. The van der Waals surface area contributed by atoms with E-state index in [0.29, 0.717) is 17.7 Å². The van der Waals surface area contributed by atoms with Gasteiger partial charge in [0.1, 0.15) is 0 Å². The van der Waals surface area contributed by atoms with Crippen LogP contribution in [0.3, 0.4) is 0 Å². The molecule has 4 rings (SSSR count). The molecule has 3 aromatic rings. The molecule has 0 spiro atoms. The van der Waals surface area contributed by atoms with E-state index in [2.05, 4.69) is 31.1 Å². The van der Waals surface area contributed by atoms with Crippen LogP contribution in [0.2, 0.25) is 0 Å². The molecule has 0 aliphatic carbocycles. The van der Waals surface area contributed by atoms with Gasteiger partial charge in [-0.15, -0.1) is 0 Å². The average Bonchev–Trinajstić information content (AvgIpc) is 3.52. The van der Waals surface area contributed by atoms with E-state index >= 15 is 0 Å². The Hall–Kier alpha value is -4.87. The summed E-state index contributed by atoms with van der Waals surface area (Å²) in [5.41, 5.74) is 0.536. The number of urea groups is 1. The van der Waals surface area contributed by atoms with Crippen molar-refractivity contribution >= 4 is 35.7 Å². The van der Waals surface area contributed by atoms with Gasteiger partial charge in [-0.2, -0.15) is 13.2 Å². The van der Waals surface area contributed by atoms with E-state index in [9.17, 15) is 37.5 Å². The Bertz CT molecular complexity index is 1850. The van der Waals surface area contributed by atoms with Gasteiger partial charge >= 0.3 is 17.6 Å². The first-order valence-electron chi connectivity index (χ1n) is 19.6. The molecule has 2 heterocycles. The highest BCUT2D eigenvalue weighted by atomic mass is 32.2. The molecule has 17 heteroatoms. The number of methoxy groups -OCH3 is 1. The number of alkyl halides is 3. The molecule has 5 atom stereocenters. The molecule has 0 saturated carbocycles. The molecule has 1 fully saturated rings. The molecule has 2 aromatic carbocycles. The number of carbonyl (C=O) groups is 4. The number of aryl methyl sites for hydroxylation is 1. The van der Waals surface area contributed by atoms with E-state index in [-0.39, 0.29) is 80.1 Å². The molecule has 5 amide bonds. The number of nitrogens with zero attached hydrogens (tertiary/aromatic N) is 3. The number of halogens is 3. The number of hydrogen-bond donors (Lipinski definition) is 5. The number of pyridine rings is 1. The number of alkyl carbamates (subject to hydrolysis) is 1. The van der Waals surface area contributed by atoms with E-state index in [1.54, 1.807) is 18.7 Å². The lowest BCUT2D eigenvalue weighted by atomic mass is 9.83. The second kappa shape index (κ2) is 21.4. The lowest BCUT2D eigenvalue weighted by Gasteiger charge is -2.36. The lowest BCUT2D eigenvalue weighted by Crippen LogP contribution is -2.56. The number of thioether (sulfide) groups is 1. The van der Waals surface area contributed by atoms with Crippen LogP contribution in [-0.4, -0.2) is 94.4 Å². The summed E-state index contributed by atoms with van der Waals surface area (Å²) in [5.74, 6) is -1.63. The van der Waals surface area contributed by atoms with Crippen molar-refractivity contribution < 1.29 is 42.2 Å². The number of amides is 5. The topological polar surface area (TPSA) is 165 Å². The number of aromatic nitrogens is 1. The van der Waals surface area contributed by atoms with Gasteiger partial charge in [-0.3, -0.25) is 20.0 Å². The van der Waals surface area contributed by atoms with Crippen molar-refractivity contribution in [2.45, 2.75) is 95.6 Å². The van der Waals surface area contributed by atoms with Crippen LogP contribution in [0.25, 0.3) is 0 Å². The second-order valence-electron chi connectivity index (χ2n) is 15.7. The molecule has 5 unspecified atom stereocenters. The smallest absolute Gasteiger partial charge is 0.446 e. The quantitative estimate of drug-likeness (QED) is 0.0683. The van der Waals surface area contributed by atoms with E-state index in [1.165, 1.54) is 36.4 Å². The van der Waals surface area contributed by atoms with Crippen molar-refractivity contribution in [2.75, 3.05) is 26.7 Å². The molecule has 1 aromatic heterocycles. The first kappa shape index (κ1) is 46.8. The van der Waals surface area contributed by atoms with Crippen molar-refractivity contribution in [3.05, 3.63) is 95.3 Å². The third-order valence-electron chi connectivity index (χ3n) is 10.2. The van der Waals surface area contributed by atoms with Gasteiger partial charge < -0.3 is 30.7 Å². The number of carbonyl (C=O) groups excluding carboxylic acids is 4. The third-order valence-corrected chi connectivity index (χ3v) is 11.0. The molecular weight excluding hydrogens is 788 g/mol. The van der Waals surface area contributed by atoms with E-state index in [4.69, 9.17) is 0 Å². The number of ether oxygens (including phenoxy) is 1. The van der Waals surface area contributed by atoms with Gasteiger partial charge in [0, 0.05) is 43.2 Å². The summed E-state index contributed by atoms with van der Waals surface area (Å²) < 4.78 is 43.8. The molecule has 59 heavy (non-hydrogen) atoms. The maximum atomic E-state index is 14.6. The third kappa shape index (κ3) is 15.0. The Labute approximate surface area is 348 Å². The molecule has 1 aliphatic heterocycles. The summed E-state index contributed by atoms with van der Waals surface area (Å²) in [6.45, 7) is 9.73. The summed E-state index contributed by atoms with van der Waals surface area (Å²) in [4.78, 5) is 59.2. The van der Waals surface area contributed by atoms with Gasteiger partial charge in [-0.25, -0.2) is 14.6 Å². The van der Waals surface area contributed by atoms with Crippen LogP contribution in [0.1, 0.15) is 63.1 Å². The minimum atomic E-state index is -4.46. The fourth-order valence-corrected chi connectivity index (χ4v) is 7.58. The number of aliphatic hydroxyl groups is 1. The second-order valence-corrected chi connectivity index (χ2v) is 16.9. The summed E-state index contributed by atoms with van der Waals surface area (Å²) in [6.07, 6.45) is -1.12. The van der Waals surface area contributed by atoms with Gasteiger partial charge in [0.05, 0.1) is 43.5 Å². The molecule has 1 aliphatic rings. The zero-order chi connectivity index (χ0) is 43.3. The van der Waals surface area contributed by atoms with E-state index < -0.39 is 47.0 Å². The number of benzene rings is 2. The Kier molecular flexibility index (Phi) is 17.0. The molecule has 0 radical (unpaired) electrons. The van der Waals surface area contributed by atoms with Crippen molar-refractivity contribution in [2.24, 2.45) is 17.3 Å². The Morgan fingerprint density at radius 2 is 1.75 bits per heavy atom. The zero-order valence-electron chi connectivity index (χ0n) is 34.3. The van der Waals surface area contributed by atoms with Gasteiger partial charge in [-0.1, -0.05) is 82.6 Å². The standard InChI is InChI=1S/C42H56F3N7O6S/c1-7-27(2)37(34-22-46-39(56)52(34)24-31-15-11-12-28(3)48-31)38(55)49-33(20-29-13-9-8-10-14-29)35(53)25-51(23-30-16-18-32(19-17-30)59-42(43,44)45)50-36(54)21-41(4,5)26-47-40(57)58-6/h8-19,27,33-35,37,53H,7,20-26H2,1-6H3,(H,46,56)(H,47,57)(H,49,55)(H,50,54). The first-order valence-corrected chi connectivity index (χ1v) is 20.4. The summed E-state index contributed by atoms with van der Waals surface area (Å²) in [6, 6.07) is 18.9. The number of nitrogens with one attached hydrogen (secondary N) is 4. The summed E-state index contributed by atoms with van der Waals surface area (Å²) in [5, 5.41) is 22.1. The van der Waals surface area contributed by atoms with Crippen molar-refractivity contribution in [1.29, 1.82) is 0 Å². The highest BCUT2D eigenvalue weighted by molar-refractivity contribution is 8.00. The summed E-state index contributed by atoms with van der Waals surface area (Å²) >= 11 is -0.241. The Morgan fingerprint density at radius 1 is 1.05 bits per heavy atom. The SMILES string of the molecule is CCC(C)C(C(=O)NC(Cc1ccccc1)C(O)CN(Cc1ccc(SC(F)(F)F)cc1)NC(=O)CC(C)(C)CNC(=O)OC)C1CNC(=O)N1Cc1cccc(C)n1. The summed E-state index contributed by atoms with van der Waals surface area (Å²) in [7, 11) is 1.23. The highest BCUT2D eigenvalue weighted by Gasteiger charge is 2.43. The minimum Gasteiger partial charge on any atom is -0.453 e. The fourth-order valence-electron chi connectivity index (χ4n) is 7.04. The average molecular weight is 844 g/mol. The zero-order valence-corrected chi connectivity index (χ0v) is 35.2. The maximum Gasteiger partial charge on any atom is 0.446 e. The van der Waals surface area contributed by atoms with Crippen LogP contribution in [-0.2, 0) is 33.8 Å². The van der Waals surface area contributed by atoms with Crippen LogP contribution in [0.15, 0.2) is 77.7 Å². The molecule has 5 N–H and O–H groups in total. The van der Waals surface area contributed by atoms with E-state index in [0.717, 1.165) is 11.3 Å². The van der Waals surface area contributed by atoms with Crippen molar-refractivity contribution in [3.63, 3.8) is 0 Å². The van der Waals surface area contributed by atoms with Gasteiger partial charge in [-0.05, 0) is 71.8 Å². The Morgan fingerprint density at radius 3 is 2.37 bits per heavy atom. The number of hydrazine groups is 1. The van der Waals surface area contributed by atoms with Gasteiger partial charge in [0.15, 0.2) is 0 Å². The molecule has 0 bridgehead atoms.